The molecule has 0 unspecified atom stereocenters. The maximum atomic E-state index is 2.18. The van der Waals surface area contributed by atoms with Gasteiger partial charge >= 0.3 is 0 Å². The molecule has 0 bridgehead atoms. The predicted molar refractivity (Wildman–Crippen MR) is 41.2 cm³/mol. The minimum absolute atomic E-state index is 0. The Bertz CT molecular complexity index is 12.5. The molecule has 0 aromatic rings. The Kier molecular flexibility index (Phi) is 42.6. The largest absolute Gasteiger partial charge is 0.0654 e. The molecule has 0 N–H and O–H groups in total. The normalized spacial score (nSPS) is 6.67. The molecule has 1 heteroatoms. The van der Waals surface area contributed by atoms with Crippen LogP contribution < -0.4 is 0 Å². The van der Waals surface area contributed by atoms with Crippen LogP contribution in [0.15, 0.2) is 0 Å². The van der Waals surface area contributed by atoms with E-state index in [0.717, 1.165) is 0 Å². The molecule has 0 aromatic carbocycles. The second-order valence-corrected chi connectivity index (χ2v) is 2.00. The van der Waals surface area contributed by atoms with Gasteiger partial charge in [-0.3, -0.25) is 0 Å². The van der Waals surface area contributed by atoms with Gasteiger partial charge in [0.25, 0.3) is 0 Å². The topological polar surface area (TPSA) is 0 Å². The maximum absolute atomic E-state index is 2.18. The van der Waals surface area contributed by atoms with Gasteiger partial charge in [-0.2, -0.15) is 0 Å². The van der Waals surface area contributed by atoms with Crippen molar-refractivity contribution >= 4 is 0 Å². The van der Waals surface area contributed by atoms with E-state index in [1.165, 1.54) is 25.7 Å². The second kappa shape index (κ2) is 23.6. The molecule has 61 valence electrons. The zero-order valence-electron chi connectivity index (χ0n) is 7.16. The third kappa shape index (κ3) is 57.3. The Labute approximate surface area is 70.6 Å². The molecular weight excluding hydrogens is 155 g/mol. The van der Waals surface area contributed by atoms with Gasteiger partial charge in [0.15, 0.2) is 0 Å². The molecule has 0 heterocycles. The van der Waals surface area contributed by atoms with E-state index < -0.39 is 0 Å². The summed E-state index contributed by atoms with van der Waals surface area (Å²) in [6.07, 6.45) is 5.28. The van der Waals surface area contributed by atoms with Crippen LogP contribution in [0.3, 0.4) is 0 Å². The van der Waals surface area contributed by atoms with Gasteiger partial charge < -0.3 is 0 Å². The fraction of sp³-hybridized carbons (Fsp3) is 1.00. The van der Waals surface area contributed by atoms with Crippen LogP contribution in [0.25, 0.3) is 0 Å². The van der Waals surface area contributed by atoms with Crippen molar-refractivity contribution in [1.29, 1.82) is 0 Å². The van der Waals surface area contributed by atoms with Gasteiger partial charge in [0, 0.05) is 16.8 Å². The van der Waals surface area contributed by atoms with E-state index in [9.17, 15) is 0 Å². The second-order valence-electron chi connectivity index (χ2n) is 2.00. The Morgan fingerprint density at radius 3 is 0.667 bits per heavy atom. The monoisotopic (exact) mass is 175 g/mol. The molecule has 0 rings (SSSR count). The zero-order chi connectivity index (χ0) is 6.83. The Hall–Kier alpha value is 0.506. The van der Waals surface area contributed by atoms with Gasteiger partial charge in [0.1, 0.15) is 0 Å². The molecule has 0 nitrogen and oxygen atoms in total. The van der Waals surface area contributed by atoms with Crippen molar-refractivity contribution in [3.05, 3.63) is 0 Å². The zero-order valence-corrected chi connectivity index (χ0v) is 8.20. The average molecular weight is 175 g/mol. The standard InChI is InChI=1S/2C4H10.Co/c2*1-3-4-2;/h2*3-4H2,1-2H3;. The summed E-state index contributed by atoms with van der Waals surface area (Å²) in [6, 6.07) is 0. The molecule has 0 aliphatic heterocycles. The summed E-state index contributed by atoms with van der Waals surface area (Å²) in [6.45, 7) is 8.72. The van der Waals surface area contributed by atoms with Crippen LogP contribution in [0.4, 0.5) is 0 Å². The molecule has 0 aliphatic carbocycles. The first-order valence-corrected chi connectivity index (χ1v) is 3.83. The fourth-order valence-electron chi connectivity index (χ4n) is 0. The molecular formula is C8H20Co. The van der Waals surface area contributed by atoms with E-state index >= 15 is 0 Å². The predicted octanol–water partition coefficient (Wildman–Crippen LogP) is 3.61. The number of unbranched alkanes of at least 4 members (excludes halogenated alkanes) is 2. The van der Waals surface area contributed by atoms with Crippen molar-refractivity contribution in [2.45, 2.75) is 53.4 Å². The third-order valence-corrected chi connectivity index (χ3v) is 1.000. The summed E-state index contributed by atoms with van der Waals surface area (Å²) in [4.78, 5) is 0. The van der Waals surface area contributed by atoms with Gasteiger partial charge in [0.05, 0.1) is 0 Å². The molecule has 0 aliphatic rings. The van der Waals surface area contributed by atoms with Crippen molar-refractivity contribution in [3.8, 4) is 0 Å². The average Bonchev–Trinajstić information content (AvgIpc) is 1.88. The molecule has 0 aromatic heterocycles. The summed E-state index contributed by atoms with van der Waals surface area (Å²) < 4.78 is 0. The van der Waals surface area contributed by atoms with Crippen LogP contribution in [-0.2, 0) is 16.8 Å². The van der Waals surface area contributed by atoms with Crippen molar-refractivity contribution in [3.63, 3.8) is 0 Å². The van der Waals surface area contributed by atoms with Gasteiger partial charge in [-0.15, -0.1) is 0 Å². The summed E-state index contributed by atoms with van der Waals surface area (Å²) >= 11 is 0. The quantitative estimate of drug-likeness (QED) is 0.601. The Balaban J connectivity index is -0.0000000720. The van der Waals surface area contributed by atoms with Crippen molar-refractivity contribution < 1.29 is 16.8 Å². The minimum atomic E-state index is 0. The van der Waals surface area contributed by atoms with E-state index in [1.54, 1.807) is 0 Å². The minimum Gasteiger partial charge on any atom is -0.0654 e. The number of hydrogen-bond donors (Lipinski definition) is 0. The van der Waals surface area contributed by atoms with Crippen LogP contribution in [0, 0.1) is 0 Å². The Morgan fingerprint density at radius 1 is 0.556 bits per heavy atom. The van der Waals surface area contributed by atoms with Crippen LogP contribution in [-0.4, -0.2) is 0 Å². The molecule has 1 radical (unpaired) electrons. The Morgan fingerprint density at radius 2 is 0.667 bits per heavy atom. The van der Waals surface area contributed by atoms with Crippen LogP contribution in [0.2, 0.25) is 0 Å². The van der Waals surface area contributed by atoms with Crippen molar-refractivity contribution in [1.82, 2.24) is 0 Å². The van der Waals surface area contributed by atoms with Gasteiger partial charge in [-0.05, 0) is 0 Å². The van der Waals surface area contributed by atoms with Gasteiger partial charge in [-0.1, -0.05) is 53.4 Å². The van der Waals surface area contributed by atoms with E-state index in [0.29, 0.717) is 0 Å². The summed E-state index contributed by atoms with van der Waals surface area (Å²) in [5.74, 6) is 0. The first kappa shape index (κ1) is 16.2. The third-order valence-electron chi connectivity index (χ3n) is 1.000. The fourth-order valence-corrected chi connectivity index (χ4v) is 0. The van der Waals surface area contributed by atoms with Crippen molar-refractivity contribution in [2.75, 3.05) is 0 Å². The first-order valence-electron chi connectivity index (χ1n) is 3.83. The van der Waals surface area contributed by atoms with Crippen LogP contribution in [0.5, 0.6) is 0 Å². The molecule has 0 amide bonds. The SMILES string of the molecule is CCCC.CCCC.[Co]. The maximum Gasteiger partial charge on any atom is 0 e. The summed E-state index contributed by atoms with van der Waals surface area (Å²) in [5.41, 5.74) is 0. The van der Waals surface area contributed by atoms with E-state index in [-0.39, 0.29) is 16.8 Å². The molecule has 0 atom stereocenters. The molecule has 0 spiro atoms. The van der Waals surface area contributed by atoms with Gasteiger partial charge in [0.2, 0.25) is 0 Å². The summed E-state index contributed by atoms with van der Waals surface area (Å²) in [7, 11) is 0. The molecule has 0 fully saturated rings. The van der Waals surface area contributed by atoms with E-state index in [1.807, 2.05) is 0 Å². The van der Waals surface area contributed by atoms with Gasteiger partial charge in [-0.25, -0.2) is 0 Å². The first-order chi connectivity index (χ1) is 3.83. The van der Waals surface area contributed by atoms with Crippen LogP contribution in [0.1, 0.15) is 53.4 Å². The smallest absolute Gasteiger partial charge is 0 e. The van der Waals surface area contributed by atoms with Crippen LogP contribution >= 0.6 is 0 Å². The molecule has 9 heavy (non-hydrogen) atoms. The number of rotatable bonds is 2. The van der Waals surface area contributed by atoms with E-state index in [2.05, 4.69) is 27.7 Å². The summed E-state index contributed by atoms with van der Waals surface area (Å²) in [5, 5.41) is 0. The molecule has 0 saturated heterocycles. The molecule has 0 saturated carbocycles. The van der Waals surface area contributed by atoms with Crippen molar-refractivity contribution in [2.24, 2.45) is 0 Å². The number of hydrogen-bond acceptors (Lipinski definition) is 0. The van der Waals surface area contributed by atoms with E-state index in [4.69, 9.17) is 0 Å².